The van der Waals surface area contributed by atoms with Crippen LogP contribution in [0.5, 0.6) is 0 Å². The number of morpholine rings is 1. The first-order valence-electron chi connectivity index (χ1n) is 5.35. The summed E-state index contributed by atoms with van der Waals surface area (Å²) in [5.41, 5.74) is 9.34. The van der Waals surface area contributed by atoms with Crippen LogP contribution in [0.2, 0.25) is 5.02 Å². The molecule has 1 fully saturated rings. The first-order chi connectivity index (χ1) is 8.16. The molecule has 6 heteroatoms. The molecule has 1 aliphatic rings. The summed E-state index contributed by atoms with van der Waals surface area (Å²) in [6.07, 6.45) is 0. The maximum atomic E-state index is 11.9. The number of nitrogen functional groups attached to an aromatic ring is 1. The molecule has 0 unspecified atom stereocenters. The summed E-state index contributed by atoms with van der Waals surface area (Å²) in [7, 11) is 0. The Labute approximate surface area is 104 Å². The Kier molecular flexibility index (Phi) is 3.83. The number of hydrogen-bond acceptors (Lipinski definition) is 4. The highest BCUT2D eigenvalue weighted by Crippen LogP contribution is 2.19. The molecule has 2 rings (SSSR count). The number of nitrogens with one attached hydrogen (secondary N) is 1. The average Bonchev–Trinajstić information content (AvgIpc) is 2.34. The van der Waals surface area contributed by atoms with Crippen LogP contribution in [0, 0.1) is 0 Å². The van der Waals surface area contributed by atoms with Gasteiger partial charge in [0.2, 0.25) is 0 Å². The first kappa shape index (κ1) is 12.2. The molecule has 0 spiro atoms. The molecule has 0 bridgehead atoms. The molecule has 1 heterocycles. The van der Waals surface area contributed by atoms with Gasteiger partial charge in [-0.2, -0.15) is 0 Å². The van der Waals surface area contributed by atoms with E-state index >= 15 is 0 Å². The zero-order valence-corrected chi connectivity index (χ0v) is 10.0. The van der Waals surface area contributed by atoms with Crippen molar-refractivity contribution in [3.63, 3.8) is 0 Å². The van der Waals surface area contributed by atoms with Crippen molar-refractivity contribution >= 4 is 23.2 Å². The van der Waals surface area contributed by atoms with Gasteiger partial charge in [0.25, 0.3) is 5.91 Å². The van der Waals surface area contributed by atoms with Gasteiger partial charge in [-0.3, -0.25) is 10.2 Å². The Bertz CT molecular complexity index is 419. The number of hydrazine groups is 1. The van der Waals surface area contributed by atoms with Gasteiger partial charge in [0.05, 0.1) is 23.9 Å². The van der Waals surface area contributed by atoms with Crippen LogP contribution in [-0.4, -0.2) is 37.2 Å². The molecule has 1 amide bonds. The number of halogens is 1. The number of rotatable bonds is 2. The molecule has 1 aromatic rings. The summed E-state index contributed by atoms with van der Waals surface area (Å²) in [5, 5.41) is 2.22. The normalized spacial score (nSPS) is 16.8. The summed E-state index contributed by atoms with van der Waals surface area (Å²) in [4.78, 5) is 11.9. The number of benzene rings is 1. The molecule has 1 saturated heterocycles. The lowest BCUT2D eigenvalue weighted by Gasteiger charge is -2.26. The number of ether oxygens (including phenoxy) is 1. The predicted octanol–water partition coefficient (Wildman–Crippen LogP) is 0.899. The Balaban J connectivity index is 2.01. The van der Waals surface area contributed by atoms with Gasteiger partial charge in [0, 0.05) is 18.7 Å². The number of nitrogens with two attached hydrogens (primary N) is 1. The largest absolute Gasteiger partial charge is 0.398 e. The predicted molar refractivity (Wildman–Crippen MR) is 65.7 cm³/mol. The number of nitrogens with zero attached hydrogens (tertiary/aromatic N) is 1. The first-order valence-corrected chi connectivity index (χ1v) is 5.73. The van der Waals surface area contributed by atoms with Crippen LogP contribution < -0.4 is 11.2 Å². The lowest BCUT2D eigenvalue weighted by atomic mass is 10.2. The van der Waals surface area contributed by atoms with E-state index in [1.54, 1.807) is 18.2 Å². The SMILES string of the molecule is Nc1ccc(C(=O)NN2CCOCC2)cc1Cl. The fourth-order valence-electron chi connectivity index (χ4n) is 1.55. The van der Waals surface area contributed by atoms with Gasteiger partial charge in [0.15, 0.2) is 0 Å². The van der Waals surface area contributed by atoms with Crippen molar-refractivity contribution in [1.29, 1.82) is 0 Å². The highest BCUT2D eigenvalue weighted by molar-refractivity contribution is 6.33. The summed E-state index contributed by atoms with van der Waals surface area (Å²) < 4.78 is 5.19. The topological polar surface area (TPSA) is 67.6 Å². The van der Waals surface area contributed by atoms with Crippen LogP contribution in [0.3, 0.4) is 0 Å². The second-order valence-corrected chi connectivity index (χ2v) is 4.18. The quantitative estimate of drug-likeness (QED) is 0.771. The van der Waals surface area contributed by atoms with Gasteiger partial charge >= 0.3 is 0 Å². The van der Waals surface area contributed by atoms with E-state index in [-0.39, 0.29) is 5.91 Å². The highest BCUT2D eigenvalue weighted by Gasteiger charge is 2.14. The van der Waals surface area contributed by atoms with Crippen LogP contribution >= 0.6 is 11.6 Å². The van der Waals surface area contributed by atoms with Crippen molar-refractivity contribution in [2.45, 2.75) is 0 Å². The Hall–Kier alpha value is -1.30. The molecular formula is C11H14ClN3O2. The minimum Gasteiger partial charge on any atom is -0.398 e. The van der Waals surface area contributed by atoms with Gasteiger partial charge in [-0.1, -0.05) is 11.6 Å². The number of amides is 1. The second-order valence-electron chi connectivity index (χ2n) is 3.78. The van der Waals surface area contributed by atoms with Crippen LogP contribution in [-0.2, 0) is 4.74 Å². The maximum Gasteiger partial charge on any atom is 0.265 e. The summed E-state index contributed by atoms with van der Waals surface area (Å²) in [5.74, 6) is -0.186. The molecule has 3 N–H and O–H groups in total. The Morgan fingerprint density at radius 3 is 2.76 bits per heavy atom. The van der Waals surface area contributed by atoms with Crippen LogP contribution in [0.4, 0.5) is 5.69 Å². The molecule has 0 aliphatic carbocycles. The fourth-order valence-corrected chi connectivity index (χ4v) is 1.73. The maximum absolute atomic E-state index is 11.9. The number of carbonyl (C=O) groups is 1. The van der Waals surface area contributed by atoms with E-state index < -0.39 is 0 Å². The van der Waals surface area contributed by atoms with E-state index in [9.17, 15) is 4.79 Å². The van der Waals surface area contributed by atoms with Gasteiger partial charge in [-0.25, -0.2) is 5.01 Å². The van der Waals surface area contributed by atoms with E-state index in [0.717, 1.165) is 0 Å². The molecular weight excluding hydrogens is 242 g/mol. The third kappa shape index (κ3) is 3.09. The summed E-state index contributed by atoms with van der Waals surface area (Å²) >= 11 is 5.86. The smallest absolute Gasteiger partial charge is 0.265 e. The summed E-state index contributed by atoms with van der Waals surface area (Å²) in [6.45, 7) is 2.63. The fraction of sp³-hybridized carbons (Fsp3) is 0.364. The van der Waals surface area contributed by atoms with Crippen molar-refractivity contribution in [2.75, 3.05) is 32.0 Å². The van der Waals surface area contributed by atoms with Crippen molar-refractivity contribution < 1.29 is 9.53 Å². The van der Waals surface area contributed by atoms with Crippen molar-refractivity contribution in [1.82, 2.24) is 10.4 Å². The lowest BCUT2D eigenvalue weighted by molar-refractivity contribution is 0.0126. The van der Waals surface area contributed by atoms with Crippen molar-refractivity contribution in [3.05, 3.63) is 28.8 Å². The van der Waals surface area contributed by atoms with Crippen LogP contribution in [0.1, 0.15) is 10.4 Å². The Morgan fingerprint density at radius 2 is 2.12 bits per heavy atom. The molecule has 0 radical (unpaired) electrons. The van der Waals surface area contributed by atoms with Crippen LogP contribution in [0.25, 0.3) is 0 Å². The molecule has 1 aromatic carbocycles. The molecule has 0 atom stereocenters. The van der Waals surface area contributed by atoms with Gasteiger partial charge < -0.3 is 10.5 Å². The lowest BCUT2D eigenvalue weighted by Crippen LogP contribution is -2.48. The zero-order chi connectivity index (χ0) is 12.3. The van der Waals surface area contributed by atoms with Gasteiger partial charge in [-0.05, 0) is 18.2 Å². The third-order valence-corrected chi connectivity index (χ3v) is 2.86. The number of hydrogen-bond donors (Lipinski definition) is 2. The minimum atomic E-state index is -0.186. The van der Waals surface area contributed by atoms with E-state index in [4.69, 9.17) is 22.1 Å². The van der Waals surface area contributed by atoms with E-state index in [1.807, 2.05) is 5.01 Å². The van der Waals surface area contributed by atoms with E-state index in [1.165, 1.54) is 0 Å². The van der Waals surface area contributed by atoms with E-state index in [2.05, 4.69) is 5.43 Å². The second kappa shape index (κ2) is 5.35. The van der Waals surface area contributed by atoms with Crippen LogP contribution in [0.15, 0.2) is 18.2 Å². The highest BCUT2D eigenvalue weighted by atomic mass is 35.5. The van der Waals surface area contributed by atoms with Crippen molar-refractivity contribution in [2.24, 2.45) is 0 Å². The standard InChI is InChI=1S/C11H14ClN3O2/c12-9-7-8(1-2-10(9)13)11(16)14-15-3-5-17-6-4-15/h1-2,7H,3-6,13H2,(H,14,16). The molecule has 1 aliphatic heterocycles. The minimum absolute atomic E-state index is 0.186. The molecule has 0 saturated carbocycles. The number of carbonyl (C=O) groups excluding carboxylic acids is 1. The van der Waals surface area contributed by atoms with Crippen molar-refractivity contribution in [3.8, 4) is 0 Å². The molecule has 17 heavy (non-hydrogen) atoms. The number of anilines is 1. The summed E-state index contributed by atoms with van der Waals surface area (Å²) in [6, 6.07) is 4.83. The molecule has 0 aromatic heterocycles. The molecule has 92 valence electrons. The van der Waals surface area contributed by atoms with Gasteiger partial charge in [-0.15, -0.1) is 0 Å². The monoisotopic (exact) mass is 255 g/mol. The Morgan fingerprint density at radius 1 is 1.41 bits per heavy atom. The zero-order valence-electron chi connectivity index (χ0n) is 9.28. The van der Waals surface area contributed by atoms with Gasteiger partial charge in [0.1, 0.15) is 0 Å². The van der Waals surface area contributed by atoms with E-state index in [0.29, 0.717) is 42.6 Å². The average molecular weight is 256 g/mol. The molecule has 5 nitrogen and oxygen atoms in total. The third-order valence-electron chi connectivity index (χ3n) is 2.53.